The third-order valence-corrected chi connectivity index (χ3v) is 3.09. The van der Waals surface area contributed by atoms with Crippen LogP contribution in [0.1, 0.15) is 25.3 Å². The summed E-state index contributed by atoms with van der Waals surface area (Å²) in [6.07, 6.45) is 2.07. The molecule has 0 saturated heterocycles. The highest BCUT2D eigenvalue weighted by Crippen LogP contribution is 2.06. The van der Waals surface area contributed by atoms with Crippen LogP contribution >= 0.6 is 0 Å². The van der Waals surface area contributed by atoms with E-state index in [0.29, 0.717) is 6.42 Å². The molecule has 1 rings (SSSR count). The van der Waals surface area contributed by atoms with Gasteiger partial charge in [-0.05, 0) is 18.4 Å². The van der Waals surface area contributed by atoms with Crippen LogP contribution in [0, 0.1) is 0 Å². The lowest BCUT2D eigenvalue weighted by atomic mass is 10.0. The van der Waals surface area contributed by atoms with Gasteiger partial charge in [0.2, 0.25) is 0 Å². The van der Waals surface area contributed by atoms with E-state index in [1.54, 1.807) is 0 Å². The molecule has 106 valence electrons. The first-order valence-corrected chi connectivity index (χ1v) is 6.56. The molecule has 1 aromatic carbocycles. The molecule has 0 aliphatic carbocycles. The summed E-state index contributed by atoms with van der Waals surface area (Å²) in [7, 11) is 0. The average molecular weight is 265 g/mol. The van der Waals surface area contributed by atoms with E-state index in [1.165, 1.54) is 5.56 Å². The van der Waals surface area contributed by atoms with E-state index in [2.05, 4.69) is 10.5 Å². The highest BCUT2D eigenvalue weighted by molar-refractivity contribution is 5.80. The van der Waals surface area contributed by atoms with Crippen molar-refractivity contribution in [2.45, 2.75) is 38.3 Å². The second-order valence-electron chi connectivity index (χ2n) is 4.64. The lowest BCUT2D eigenvalue weighted by Gasteiger charge is -2.23. The molecule has 5 nitrogen and oxygen atoms in total. The van der Waals surface area contributed by atoms with E-state index in [0.717, 1.165) is 12.8 Å². The molecule has 0 aromatic heterocycles. The number of hydrogen-bond acceptors (Lipinski definition) is 4. The van der Waals surface area contributed by atoms with Gasteiger partial charge in [-0.25, -0.2) is 0 Å². The summed E-state index contributed by atoms with van der Waals surface area (Å²) < 4.78 is 0. The first kappa shape index (κ1) is 15.5. The van der Waals surface area contributed by atoms with Gasteiger partial charge in [-0.2, -0.15) is 0 Å². The summed E-state index contributed by atoms with van der Waals surface area (Å²) in [6.45, 7) is 2.08. The van der Waals surface area contributed by atoms with Crippen LogP contribution in [-0.2, 0) is 6.42 Å². The van der Waals surface area contributed by atoms with Crippen molar-refractivity contribution in [2.24, 2.45) is 10.9 Å². The summed E-state index contributed by atoms with van der Waals surface area (Å²) in [6, 6.07) is 10.1. The Morgan fingerprint density at radius 3 is 2.53 bits per heavy atom. The topological polar surface area (TPSA) is 90.9 Å². The molecule has 2 unspecified atom stereocenters. The molecule has 0 heterocycles. The Morgan fingerprint density at radius 1 is 1.32 bits per heavy atom. The Labute approximate surface area is 114 Å². The Morgan fingerprint density at radius 2 is 2.00 bits per heavy atom. The van der Waals surface area contributed by atoms with Gasteiger partial charge in [0.25, 0.3) is 0 Å². The number of hydrogen-bond donors (Lipinski definition) is 4. The van der Waals surface area contributed by atoms with Gasteiger partial charge in [-0.15, -0.1) is 0 Å². The normalized spacial score (nSPS) is 15.2. The van der Waals surface area contributed by atoms with Gasteiger partial charge in [0, 0.05) is 18.5 Å². The fourth-order valence-corrected chi connectivity index (χ4v) is 2.02. The smallest absolute Gasteiger partial charge is 0.140 e. The number of oxime groups is 1. The molecule has 0 fully saturated rings. The summed E-state index contributed by atoms with van der Waals surface area (Å²) in [5.74, 6) is 0.204. The van der Waals surface area contributed by atoms with Crippen molar-refractivity contribution in [3.05, 3.63) is 35.9 Å². The number of nitrogens with one attached hydrogen (secondary N) is 1. The summed E-state index contributed by atoms with van der Waals surface area (Å²) in [4.78, 5) is 0. The fourth-order valence-electron chi connectivity index (χ4n) is 2.02. The molecular weight excluding hydrogens is 242 g/mol. The molecule has 0 aliphatic heterocycles. The molecular formula is C14H23N3O2. The van der Waals surface area contributed by atoms with E-state index in [-0.39, 0.29) is 24.5 Å². The van der Waals surface area contributed by atoms with Crippen LogP contribution in [0.5, 0.6) is 0 Å². The minimum atomic E-state index is -0.0288. The Bertz CT molecular complexity index is 382. The molecule has 0 aliphatic rings. The van der Waals surface area contributed by atoms with Crippen molar-refractivity contribution in [1.29, 1.82) is 0 Å². The fraction of sp³-hybridized carbons (Fsp3) is 0.500. The Balaban J connectivity index is 2.55. The van der Waals surface area contributed by atoms with Crippen molar-refractivity contribution in [3.8, 4) is 0 Å². The number of nitrogens with zero attached hydrogens (tertiary/aromatic N) is 1. The maximum absolute atomic E-state index is 9.45. The molecule has 0 saturated carbocycles. The molecule has 5 heteroatoms. The summed E-state index contributed by atoms with van der Waals surface area (Å²) in [5, 5.41) is 24.4. The van der Waals surface area contributed by atoms with Crippen LogP contribution in [0.4, 0.5) is 0 Å². The summed E-state index contributed by atoms with van der Waals surface area (Å²) >= 11 is 0. The number of rotatable bonds is 8. The van der Waals surface area contributed by atoms with Crippen LogP contribution in [0.25, 0.3) is 0 Å². The van der Waals surface area contributed by atoms with Crippen molar-refractivity contribution in [2.75, 3.05) is 6.61 Å². The van der Waals surface area contributed by atoms with E-state index in [1.807, 2.05) is 37.3 Å². The highest BCUT2D eigenvalue weighted by Gasteiger charge is 2.15. The minimum absolute atomic E-state index is 0.0288. The second kappa shape index (κ2) is 8.50. The third kappa shape index (κ3) is 5.72. The van der Waals surface area contributed by atoms with E-state index < -0.39 is 0 Å². The lowest BCUT2D eigenvalue weighted by molar-refractivity contribution is 0.229. The largest absolute Gasteiger partial charge is 0.409 e. The van der Waals surface area contributed by atoms with Crippen molar-refractivity contribution < 1.29 is 10.3 Å². The Kier molecular flexibility index (Phi) is 6.92. The van der Waals surface area contributed by atoms with Gasteiger partial charge >= 0.3 is 0 Å². The SMILES string of the molecule is CCC(CC(N)=NO)NC(CO)Cc1ccccc1. The third-order valence-electron chi connectivity index (χ3n) is 3.09. The molecule has 0 bridgehead atoms. The zero-order valence-electron chi connectivity index (χ0n) is 11.3. The monoisotopic (exact) mass is 265 g/mol. The standard InChI is InChI=1S/C14H23N3O2/c1-2-12(9-14(15)17-19)16-13(10-18)8-11-6-4-3-5-7-11/h3-7,12-13,16,18-19H,2,8-10H2,1H3,(H2,15,17). The molecule has 2 atom stereocenters. The van der Waals surface area contributed by atoms with Gasteiger partial charge in [0.05, 0.1) is 6.61 Å². The summed E-state index contributed by atoms with van der Waals surface area (Å²) in [5.41, 5.74) is 6.69. The number of amidine groups is 1. The number of aliphatic hydroxyl groups is 1. The first-order chi connectivity index (χ1) is 9.19. The van der Waals surface area contributed by atoms with Crippen LogP contribution in [0.3, 0.4) is 0 Å². The van der Waals surface area contributed by atoms with Gasteiger partial charge in [-0.3, -0.25) is 0 Å². The van der Waals surface area contributed by atoms with Crippen LogP contribution in [0.15, 0.2) is 35.5 Å². The van der Waals surface area contributed by atoms with Crippen molar-refractivity contribution in [1.82, 2.24) is 5.32 Å². The van der Waals surface area contributed by atoms with Gasteiger partial charge in [0.1, 0.15) is 5.84 Å². The van der Waals surface area contributed by atoms with Crippen molar-refractivity contribution in [3.63, 3.8) is 0 Å². The predicted octanol–water partition coefficient (Wildman–Crippen LogP) is 1.09. The van der Waals surface area contributed by atoms with E-state index >= 15 is 0 Å². The molecule has 0 spiro atoms. The predicted molar refractivity (Wildman–Crippen MR) is 76.3 cm³/mol. The maximum Gasteiger partial charge on any atom is 0.140 e. The molecule has 1 aromatic rings. The molecule has 0 radical (unpaired) electrons. The number of nitrogens with two attached hydrogens (primary N) is 1. The van der Waals surface area contributed by atoms with Crippen molar-refractivity contribution >= 4 is 5.84 Å². The van der Waals surface area contributed by atoms with Gasteiger partial charge in [-0.1, -0.05) is 42.4 Å². The van der Waals surface area contributed by atoms with Gasteiger partial charge < -0.3 is 21.4 Å². The van der Waals surface area contributed by atoms with Crippen LogP contribution in [-0.4, -0.2) is 34.8 Å². The highest BCUT2D eigenvalue weighted by atomic mass is 16.4. The lowest BCUT2D eigenvalue weighted by Crippen LogP contribution is -2.43. The number of benzene rings is 1. The maximum atomic E-state index is 9.45. The zero-order valence-corrected chi connectivity index (χ0v) is 11.3. The zero-order chi connectivity index (χ0) is 14.1. The molecule has 0 amide bonds. The quantitative estimate of drug-likeness (QED) is 0.245. The minimum Gasteiger partial charge on any atom is -0.409 e. The van der Waals surface area contributed by atoms with E-state index in [9.17, 15) is 5.11 Å². The molecule has 19 heavy (non-hydrogen) atoms. The van der Waals surface area contributed by atoms with Gasteiger partial charge in [0.15, 0.2) is 0 Å². The van der Waals surface area contributed by atoms with Crippen LogP contribution < -0.4 is 11.1 Å². The molecule has 5 N–H and O–H groups in total. The number of aliphatic hydroxyl groups excluding tert-OH is 1. The van der Waals surface area contributed by atoms with E-state index in [4.69, 9.17) is 10.9 Å². The first-order valence-electron chi connectivity index (χ1n) is 6.56. The average Bonchev–Trinajstić information content (AvgIpc) is 2.46. The second-order valence-corrected chi connectivity index (χ2v) is 4.64. The van der Waals surface area contributed by atoms with Crippen LogP contribution in [0.2, 0.25) is 0 Å². The Hall–Kier alpha value is -1.59.